The van der Waals surface area contributed by atoms with Crippen LogP contribution in [0.5, 0.6) is 0 Å². The van der Waals surface area contributed by atoms with E-state index in [1.54, 1.807) is 12.1 Å². The Kier molecular flexibility index (Phi) is 4.37. The monoisotopic (exact) mass is 236 g/mol. The molecular weight excluding hydrogens is 215 g/mol. The maximum Gasteiger partial charge on any atom is 0.146 e. The maximum atomic E-state index is 13.8. The molecule has 94 valence electrons. The molecule has 1 fully saturated rings. The standard InChI is InChI=1S/C14H21FN2/c1-2-3-6-12-11-16-9-10-17(12)14-8-5-4-7-13(14)15/h4-5,7-8,12,16H,2-3,6,9-11H2,1H3. The number of hydrogen-bond donors (Lipinski definition) is 1. The molecule has 1 aliphatic heterocycles. The van der Waals surface area contributed by atoms with Crippen molar-refractivity contribution in [2.75, 3.05) is 24.5 Å². The summed E-state index contributed by atoms with van der Waals surface area (Å²) in [6, 6.07) is 7.54. The molecule has 0 spiro atoms. The van der Waals surface area contributed by atoms with Gasteiger partial charge in [0.15, 0.2) is 0 Å². The third-order valence-corrected chi connectivity index (χ3v) is 3.40. The van der Waals surface area contributed by atoms with E-state index in [9.17, 15) is 4.39 Å². The van der Waals surface area contributed by atoms with Gasteiger partial charge in [0.05, 0.1) is 5.69 Å². The highest BCUT2D eigenvalue weighted by Gasteiger charge is 2.23. The number of nitrogens with zero attached hydrogens (tertiary/aromatic N) is 1. The molecule has 1 unspecified atom stereocenters. The number of anilines is 1. The van der Waals surface area contributed by atoms with E-state index in [0.717, 1.165) is 31.7 Å². The Bertz CT molecular complexity index is 354. The number of hydrogen-bond acceptors (Lipinski definition) is 2. The smallest absolute Gasteiger partial charge is 0.146 e. The molecule has 0 aliphatic carbocycles. The quantitative estimate of drug-likeness (QED) is 0.864. The van der Waals surface area contributed by atoms with Gasteiger partial charge in [-0.25, -0.2) is 4.39 Å². The Labute approximate surface area is 103 Å². The van der Waals surface area contributed by atoms with Gasteiger partial charge in [0.25, 0.3) is 0 Å². The van der Waals surface area contributed by atoms with Crippen LogP contribution < -0.4 is 10.2 Å². The zero-order valence-corrected chi connectivity index (χ0v) is 10.5. The number of unbranched alkanes of at least 4 members (excludes halogenated alkanes) is 1. The minimum atomic E-state index is -0.101. The summed E-state index contributed by atoms with van der Waals surface area (Å²) in [5.74, 6) is -0.101. The second-order valence-electron chi connectivity index (χ2n) is 4.64. The van der Waals surface area contributed by atoms with Crippen LogP contribution in [0.15, 0.2) is 24.3 Å². The predicted octanol–water partition coefficient (Wildman–Crippen LogP) is 2.79. The molecular formula is C14H21FN2. The highest BCUT2D eigenvalue weighted by Crippen LogP contribution is 2.23. The van der Waals surface area contributed by atoms with Crippen LogP contribution in [0.3, 0.4) is 0 Å². The molecule has 1 N–H and O–H groups in total. The highest BCUT2D eigenvalue weighted by molar-refractivity contribution is 5.49. The van der Waals surface area contributed by atoms with Crippen molar-refractivity contribution < 1.29 is 4.39 Å². The van der Waals surface area contributed by atoms with Crippen molar-refractivity contribution in [2.45, 2.75) is 32.2 Å². The van der Waals surface area contributed by atoms with Crippen LogP contribution in [-0.2, 0) is 0 Å². The molecule has 0 radical (unpaired) electrons. The Hall–Kier alpha value is -1.09. The number of piperazine rings is 1. The van der Waals surface area contributed by atoms with Crippen molar-refractivity contribution in [3.8, 4) is 0 Å². The first-order valence-electron chi connectivity index (χ1n) is 6.55. The van der Waals surface area contributed by atoms with Crippen molar-refractivity contribution in [1.82, 2.24) is 5.32 Å². The van der Waals surface area contributed by atoms with Gasteiger partial charge < -0.3 is 10.2 Å². The van der Waals surface area contributed by atoms with E-state index in [0.29, 0.717) is 6.04 Å². The first-order chi connectivity index (χ1) is 8.33. The average Bonchev–Trinajstić information content (AvgIpc) is 2.37. The zero-order valence-electron chi connectivity index (χ0n) is 10.5. The van der Waals surface area contributed by atoms with Crippen LogP contribution in [0.25, 0.3) is 0 Å². The van der Waals surface area contributed by atoms with Gasteiger partial charge in [0.1, 0.15) is 5.82 Å². The average molecular weight is 236 g/mol. The van der Waals surface area contributed by atoms with Crippen molar-refractivity contribution in [2.24, 2.45) is 0 Å². The molecule has 0 aromatic heterocycles. The maximum absolute atomic E-state index is 13.8. The fourth-order valence-electron chi connectivity index (χ4n) is 2.46. The molecule has 1 heterocycles. The van der Waals surface area contributed by atoms with Gasteiger partial charge in [-0.3, -0.25) is 0 Å². The molecule has 2 nitrogen and oxygen atoms in total. The molecule has 3 heteroatoms. The lowest BCUT2D eigenvalue weighted by Crippen LogP contribution is -2.51. The number of halogens is 1. The summed E-state index contributed by atoms with van der Waals surface area (Å²) >= 11 is 0. The Morgan fingerprint density at radius 2 is 2.24 bits per heavy atom. The molecule has 1 aromatic carbocycles. The van der Waals surface area contributed by atoms with Crippen molar-refractivity contribution in [3.05, 3.63) is 30.1 Å². The minimum absolute atomic E-state index is 0.101. The molecule has 0 bridgehead atoms. The Morgan fingerprint density at radius 1 is 1.41 bits per heavy atom. The van der Waals surface area contributed by atoms with Gasteiger partial charge in [-0.2, -0.15) is 0 Å². The number of nitrogens with one attached hydrogen (secondary N) is 1. The summed E-state index contributed by atoms with van der Waals surface area (Å²) in [5, 5.41) is 3.40. The lowest BCUT2D eigenvalue weighted by molar-refractivity contribution is 0.437. The zero-order chi connectivity index (χ0) is 12.1. The largest absolute Gasteiger partial charge is 0.364 e. The van der Waals surface area contributed by atoms with Crippen molar-refractivity contribution >= 4 is 5.69 Å². The van der Waals surface area contributed by atoms with Crippen LogP contribution in [0.2, 0.25) is 0 Å². The number of para-hydroxylation sites is 1. The topological polar surface area (TPSA) is 15.3 Å². The van der Waals surface area contributed by atoms with Gasteiger partial charge in [0.2, 0.25) is 0 Å². The fourth-order valence-corrected chi connectivity index (χ4v) is 2.46. The SMILES string of the molecule is CCCCC1CNCCN1c1ccccc1F. The summed E-state index contributed by atoms with van der Waals surface area (Å²) in [6.45, 7) is 5.00. The van der Waals surface area contributed by atoms with E-state index in [1.807, 2.05) is 12.1 Å². The van der Waals surface area contributed by atoms with Gasteiger partial charge in [-0.1, -0.05) is 31.9 Å². The molecule has 1 atom stereocenters. The first-order valence-corrected chi connectivity index (χ1v) is 6.55. The Balaban J connectivity index is 2.13. The third-order valence-electron chi connectivity index (χ3n) is 3.40. The summed E-state index contributed by atoms with van der Waals surface area (Å²) in [5.41, 5.74) is 0.759. The number of rotatable bonds is 4. The number of benzene rings is 1. The van der Waals surface area contributed by atoms with E-state index in [2.05, 4.69) is 17.1 Å². The first kappa shape index (κ1) is 12.4. The second kappa shape index (κ2) is 6.01. The van der Waals surface area contributed by atoms with E-state index in [1.165, 1.54) is 12.8 Å². The van der Waals surface area contributed by atoms with Gasteiger partial charge >= 0.3 is 0 Å². The summed E-state index contributed by atoms with van der Waals surface area (Å²) < 4.78 is 13.8. The molecule has 0 amide bonds. The molecule has 17 heavy (non-hydrogen) atoms. The molecule has 1 saturated heterocycles. The molecule has 1 aliphatic rings. The van der Waals surface area contributed by atoms with Crippen LogP contribution in [0, 0.1) is 5.82 Å². The fraction of sp³-hybridized carbons (Fsp3) is 0.571. The highest BCUT2D eigenvalue weighted by atomic mass is 19.1. The summed E-state index contributed by atoms with van der Waals surface area (Å²) in [7, 11) is 0. The van der Waals surface area contributed by atoms with E-state index in [4.69, 9.17) is 0 Å². The van der Waals surface area contributed by atoms with Crippen LogP contribution in [0.4, 0.5) is 10.1 Å². The minimum Gasteiger partial charge on any atom is -0.364 e. The predicted molar refractivity (Wildman–Crippen MR) is 69.9 cm³/mol. The van der Waals surface area contributed by atoms with E-state index >= 15 is 0 Å². The van der Waals surface area contributed by atoms with Crippen LogP contribution in [-0.4, -0.2) is 25.7 Å². The molecule has 2 rings (SSSR count). The molecule has 1 aromatic rings. The summed E-state index contributed by atoms with van der Waals surface area (Å²) in [6.07, 6.45) is 3.54. The second-order valence-corrected chi connectivity index (χ2v) is 4.64. The van der Waals surface area contributed by atoms with Crippen LogP contribution in [0.1, 0.15) is 26.2 Å². The van der Waals surface area contributed by atoms with E-state index < -0.39 is 0 Å². The van der Waals surface area contributed by atoms with Gasteiger partial charge in [-0.15, -0.1) is 0 Å². The lowest BCUT2D eigenvalue weighted by atomic mass is 10.0. The van der Waals surface area contributed by atoms with Gasteiger partial charge in [-0.05, 0) is 18.6 Å². The van der Waals surface area contributed by atoms with Crippen LogP contribution >= 0.6 is 0 Å². The molecule has 0 saturated carbocycles. The Morgan fingerprint density at radius 3 is 3.00 bits per heavy atom. The third kappa shape index (κ3) is 2.97. The summed E-state index contributed by atoms with van der Waals surface area (Å²) in [4.78, 5) is 2.22. The van der Waals surface area contributed by atoms with Gasteiger partial charge in [0, 0.05) is 25.7 Å². The normalized spacial score (nSPS) is 20.6. The lowest BCUT2D eigenvalue weighted by Gasteiger charge is -2.38. The van der Waals surface area contributed by atoms with Crippen molar-refractivity contribution in [3.63, 3.8) is 0 Å². The van der Waals surface area contributed by atoms with Crippen molar-refractivity contribution in [1.29, 1.82) is 0 Å². The van der Waals surface area contributed by atoms with E-state index in [-0.39, 0.29) is 5.82 Å².